The second-order valence-electron chi connectivity index (χ2n) is 3.99. The number of halogens is 2. The van der Waals surface area contributed by atoms with Gasteiger partial charge in [0.05, 0.1) is 17.2 Å². The van der Waals surface area contributed by atoms with Crippen molar-refractivity contribution >= 4 is 31.9 Å². The van der Waals surface area contributed by atoms with Crippen LogP contribution in [-0.2, 0) is 11.3 Å². The summed E-state index contributed by atoms with van der Waals surface area (Å²) >= 11 is 7.02. The lowest BCUT2D eigenvalue weighted by molar-refractivity contribution is 0.117. The van der Waals surface area contributed by atoms with Crippen LogP contribution in [0.3, 0.4) is 0 Å². The fraction of sp³-hybridized carbons (Fsp3) is 0.538. The Balaban J connectivity index is 2.73. The third-order valence-corrected chi connectivity index (χ3v) is 3.57. The summed E-state index contributed by atoms with van der Waals surface area (Å²) in [5.74, 6) is 0.901. The lowest BCUT2D eigenvalue weighted by atomic mass is 10.2. The van der Waals surface area contributed by atoms with E-state index in [0.717, 1.165) is 33.3 Å². The summed E-state index contributed by atoms with van der Waals surface area (Å²) in [5.41, 5.74) is 1.13. The van der Waals surface area contributed by atoms with Gasteiger partial charge in [0.2, 0.25) is 0 Å². The normalized spacial score (nSPS) is 12.5. The number of methoxy groups -OCH3 is 1. The van der Waals surface area contributed by atoms with Crippen LogP contribution in [0.2, 0.25) is 0 Å². The first kappa shape index (κ1) is 16.0. The first-order chi connectivity index (χ1) is 8.58. The SMILES string of the molecule is CCOc1c(Br)cc(Br)cc1CNCC(C)OC. The summed E-state index contributed by atoms with van der Waals surface area (Å²) in [6.07, 6.45) is 0.205. The molecule has 3 nitrogen and oxygen atoms in total. The van der Waals surface area contributed by atoms with E-state index < -0.39 is 0 Å². The van der Waals surface area contributed by atoms with E-state index >= 15 is 0 Å². The van der Waals surface area contributed by atoms with Crippen molar-refractivity contribution in [2.45, 2.75) is 26.5 Å². The van der Waals surface area contributed by atoms with E-state index in [9.17, 15) is 0 Å². The maximum atomic E-state index is 5.67. The molecule has 0 radical (unpaired) electrons. The summed E-state index contributed by atoms with van der Waals surface area (Å²) in [6, 6.07) is 4.06. The van der Waals surface area contributed by atoms with Crippen molar-refractivity contribution < 1.29 is 9.47 Å². The zero-order valence-corrected chi connectivity index (χ0v) is 14.1. The molecule has 0 spiro atoms. The van der Waals surface area contributed by atoms with Gasteiger partial charge in [-0.1, -0.05) is 15.9 Å². The van der Waals surface area contributed by atoms with Gasteiger partial charge in [-0.25, -0.2) is 0 Å². The minimum Gasteiger partial charge on any atom is -0.492 e. The molecule has 1 atom stereocenters. The first-order valence-electron chi connectivity index (χ1n) is 5.92. The summed E-state index contributed by atoms with van der Waals surface area (Å²) in [5, 5.41) is 3.36. The molecule has 18 heavy (non-hydrogen) atoms. The molecular formula is C13H19Br2NO2. The smallest absolute Gasteiger partial charge is 0.138 e. The standard InChI is InChI=1S/C13H19Br2NO2/c1-4-18-13-10(5-11(14)6-12(13)15)8-16-7-9(2)17-3/h5-6,9,16H,4,7-8H2,1-3H3. The molecular weight excluding hydrogens is 362 g/mol. The van der Waals surface area contributed by atoms with Gasteiger partial charge in [-0.15, -0.1) is 0 Å². The maximum absolute atomic E-state index is 5.67. The molecule has 1 aromatic rings. The molecule has 1 N–H and O–H groups in total. The maximum Gasteiger partial charge on any atom is 0.138 e. The van der Waals surface area contributed by atoms with Gasteiger partial charge in [0.1, 0.15) is 5.75 Å². The minimum absolute atomic E-state index is 0.205. The highest BCUT2D eigenvalue weighted by Crippen LogP contribution is 2.32. The molecule has 0 heterocycles. The van der Waals surface area contributed by atoms with Gasteiger partial charge in [0.15, 0.2) is 0 Å². The third kappa shape index (κ3) is 4.88. The topological polar surface area (TPSA) is 30.5 Å². The molecule has 0 saturated carbocycles. The van der Waals surface area contributed by atoms with Crippen molar-refractivity contribution in [2.24, 2.45) is 0 Å². The van der Waals surface area contributed by atoms with Crippen molar-refractivity contribution in [1.82, 2.24) is 5.32 Å². The Labute approximate surface area is 125 Å². The van der Waals surface area contributed by atoms with E-state index in [2.05, 4.69) is 43.2 Å². The van der Waals surface area contributed by atoms with E-state index in [4.69, 9.17) is 9.47 Å². The van der Waals surface area contributed by atoms with Gasteiger partial charge in [-0.05, 0) is 41.9 Å². The molecule has 0 bridgehead atoms. The van der Waals surface area contributed by atoms with Crippen LogP contribution >= 0.6 is 31.9 Å². The highest BCUT2D eigenvalue weighted by Gasteiger charge is 2.10. The Hall–Kier alpha value is -0.100. The van der Waals surface area contributed by atoms with Crippen LogP contribution in [0.25, 0.3) is 0 Å². The second-order valence-corrected chi connectivity index (χ2v) is 5.76. The first-order valence-corrected chi connectivity index (χ1v) is 7.51. The number of ether oxygens (including phenoxy) is 2. The van der Waals surface area contributed by atoms with Gasteiger partial charge in [0.25, 0.3) is 0 Å². The van der Waals surface area contributed by atoms with Gasteiger partial charge in [0, 0.05) is 30.2 Å². The molecule has 0 saturated heterocycles. The fourth-order valence-corrected chi connectivity index (χ4v) is 2.97. The van der Waals surface area contributed by atoms with Crippen LogP contribution in [-0.4, -0.2) is 26.4 Å². The zero-order chi connectivity index (χ0) is 13.5. The van der Waals surface area contributed by atoms with Crippen LogP contribution < -0.4 is 10.1 Å². The molecule has 1 aromatic carbocycles. The summed E-state index contributed by atoms with van der Waals surface area (Å²) < 4.78 is 12.9. The fourth-order valence-electron chi connectivity index (χ4n) is 1.54. The number of hydrogen-bond donors (Lipinski definition) is 1. The Morgan fingerprint density at radius 3 is 2.67 bits per heavy atom. The van der Waals surface area contributed by atoms with Gasteiger partial charge < -0.3 is 14.8 Å². The minimum atomic E-state index is 0.205. The number of benzene rings is 1. The van der Waals surface area contributed by atoms with Crippen molar-refractivity contribution in [1.29, 1.82) is 0 Å². The lowest BCUT2D eigenvalue weighted by Crippen LogP contribution is -2.25. The van der Waals surface area contributed by atoms with Crippen LogP contribution in [0.1, 0.15) is 19.4 Å². The Bertz CT molecular complexity index is 385. The zero-order valence-electron chi connectivity index (χ0n) is 10.9. The molecule has 1 unspecified atom stereocenters. The number of rotatable bonds is 7. The van der Waals surface area contributed by atoms with E-state index in [0.29, 0.717) is 6.61 Å². The molecule has 0 aromatic heterocycles. The average Bonchev–Trinajstić information content (AvgIpc) is 2.33. The van der Waals surface area contributed by atoms with E-state index in [1.807, 2.05) is 19.9 Å². The monoisotopic (exact) mass is 379 g/mol. The van der Waals surface area contributed by atoms with Crippen molar-refractivity contribution in [3.05, 3.63) is 26.6 Å². The summed E-state index contributed by atoms with van der Waals surface area (Å²) in [7, 11) is 1.72. The number of nitrogens with one attached hydrogen (secondary N) is 1. The molecule has 0 fully saturated rings. The van der Waals surface area contributed by atoms with Crippen LogP contribution in [0.15, 0.2) is 21.1 Å². The highest BCUT2D eigenvalue weighted by atomic mass is 79.9. The van der Waals surface area contributed by atoms with Gasteiger partial charge in [-0.3, -0.25) is 0 Å². The van der Waals surface area contributed by atoms with Crippen LogP contribution in [0.5, 0.6) is 5.75 Å². The molecule has 0 aliphatic heterocycles. The molecule has 102 valence electrons. The van der Waals surface area contributed by atoms with E-state index in [-0.39, 0.29) is 6.10 Å². The van der Waals surface area contributed by atoms with E-state index in [1.165, 1.54) is 0 Å². The van der Waals surface area contributed by atoms with Crippen LogP contribution in [0, 0.1) is 0 Å². The third-order valence-electron chi connectivity index (χ3n) is 2.52. The Morgan fingerprint density at radius 2 is 2.06 bits per heavy atom. The largest absolute Gasteiger partial charge is 0.492 e. The van der Waals surface area contributed by atoms with Crippen molar-refractivity contribution in [3.63, 3.8) is 0 Å². The Morgan fingerprint density at radius 1 is 1.33 bits per heavy atom. The van der Waals surface area contributed by atoms with Crippen molar-refractivity contribution in [2.75, 3.05) is 20.3 Å². The van der Waals surface area contributed by atoms with Crippen molar-refractivity contribution in [3.8, 4) is 5.75 Å². The predicted octanol–water partition coefficient (Wildman–Crippen LogP) is 3.73. The van der Waals surface area contributed by atoms with Gasteiger partial charge in [-0.2, -0.15) is 0 Å². The predicted molar refractivity (Wildman–Crippen MR) is 81.2 cm³/mol. The molecule has 5 heteroatoms. The number of hydrogen-bond acceptors (Lipinski definition) is 3. The average molecular weight is 381 g/mol. The molecule has 0 amide bonds. The quantitative estimate of drug-likeness (QED) is 0.781. The summed E-state index contributed by atoms with van der Waals surface area (Å²) in [4.78, 5) is 0. The molecule has 0 aliphatic carbocycles. The second kappa shape index (κ2) is 8.15. The summed E-state index contributed by atoms with van der Waals surface area (Å²) in [6.45, 7) is 6.24. The van der Waals surface area contributed by atoms with Gasteiger partial charge >= 0.3 is 0 Å². The Kier molecular flexibility index (Phi) is 7.22. The molecule has 0 aliphatic rings. The lowest BCUT2D eigenvalue weighted by Gasteiger charge is -2.15. The van der Waals surface area contributed by atoms with E-state index in [1.54, 1.807) is 7.11 Å². The van der Waals surface area contributed by atoms with Crippen LogP contribution in [0.4, 0.5) is 0 Å². The highest BCUT2D eigenvalue weighted by molar-refractivity contribution is 9.11. The molecule has 1 rings (SSSR count).